The predicted octanol–water partition coefficient (Wildman–Crippen LogP) is 3.56. The van der Waals surface area contributed by atoms with Crippen molar-refractivity contribution in [3.05, 3.63) is 91.0 Å². The summed E-state index contributed by atoms with van der Waals surface area (Å²) in [5.74, 6) is -2.32. The van der Waals surface area contributed by atoms with Gasteiger partial charge >= 0.3 is 131 Å². The fourth-order valence-electron chi connectivity index (χ4n) is 2.81. The third-order valence-electron chi connectivity index (χ3n) is 4.14. The molecule has 106 valence electrons. The van der Waals surface area contributed by atoms with Crippen molar-refractivity contribution in [3.63, 3.8) is 0 Å². The molecule has 0 bridgehead atoms. The minimum absolute atomic E-state index is 1.46. The van der Waals surface area contributed by atoms with Crippen molar-refractivity contribution in [1.29, 1.82) is 0 Å². The zero-order valence-electron chi connectivity index (χ0n) is 12.0. The van der Waals surface area contributed by atoms with E-state index in [0.29, 0.717) is 0 Å². The first-order valence-electron chi connectivity index (χ1n) is 7.04. The maximum atomic E-state index is 2.29. The average molecular weight is 330 g/mol. The van der Waals surface area contributed by atoms with E-state index in [1.165, 1.54) is 15.9 Å². The normalized spacial score (nSPS) is 13.6. The van der Waals surface area contributed by atoms with E-state index in [-0.39, 0.29) is 0 Å². The van der Waals surface area contributed by atoms with Crippen LogP contribution in [0.3, 0.4) is 0 Å². The SMILES string of the molecule is [PH3+]P([PH3+])(c1ccccc1)(c1ccccc1)c1ccccc1. The van der Waals surface area contributed by atoms with Crippen molar-refractivity contribution in [2.45, 2.75) is 0 Å². The third kappa shape index (κ3) is 2.47. The van der Waals surface area contributed by atoms with E-state index in [1.807, 2.05) is 0 Å². The zero-order valence-corrected chi connectivity index (χ0v) is 15.7. The minimum atomic E-state index is -2.32. The molecule has 3 rings (SSSR count). The molecule has 0 aliphatic carbocycles. The molecule has 2 unspecified atom stereocenters. The molecule has 3 heteroatoms. The first kappa shape index (κ1) is 14.9. The van der Waals surface area contributed by atoms with Crippen LogP contribution in [0.4, 0.5) is 0 Å². The summed E-state index contributed by atoms with van der Waals surface area (Å²) >= 11 is 0. The fourth-order valence-corrected chi connectivity index (χ4v) is 10.2. The molecule has 3 aromatic carbocycles. The summed E-state index contributed by atoms with van der Waals surface area (Å²) in [4.78, 5) is 0. The predicted molar refractivity (Wildman–Crippen MR) is 107 cm³/mol. The summed E-state index contributed by atoms with van der Waals surface area (Å²) in [7, 11) is 4.39. The molecular formula is C18H21P3+2. The van der Waals surface area contributed by atoms with Crippen LogP contribution in [0.15, 0.2) is 91.0 Å². The average Bonchev–Trinajstić information content (AvgIpc) is 2.57. The molecule has 2 atom stereocenters. The number of hydrogen-bond acceptors (Lipinski definition) is 0. The summed E-state index contributed by atoms with van der Waals surface area (Å²) < 4.78 is 0. The first-order valence-corrected chi connectivity index (χ1v) is 13.4. The molecule has 21 heavy (non-hydrogen) atoms. The van der Waals surface area contributed by atoms with Gasteiger partial charge in [-0.1, -0.05) is 0 Å². The molecule has 3 aromatic rings. The van der Waals surface area contributed by atoms with Crippen LogP contribution in [0.5, 0.6) is 0 Å². The Morgan fingerprint density at radius 2 is 0.667 bits per heavy atom. The standard InChI is InChI=1S/C18H19P3/c19-21(20,16-10-4-1-5-11-16,17-12-6-2-7-13-17)18-14-8-3-9-15-18/h1-15H,19-20H2/p+2. The maximum absolute atomic E-state index is 2.32. The second-order valence-corrected chi connectivity index (χ2v) is 21.1. The van der Waals surface area contributed by atoms with Crippen molar-refractivity contribution < 1.29 is 0 Å². The van der Waals surface area contributed by atoms with Gasteiger partial charge in [0.25, 0.3) is 0 Å². The third-order valence-corrected chi connectivity index (χ3v) is 15.3. The second-order valence-electron chi connectivity index (χ2n) is 5.51. The Bertz CT molecular complexity index is 619. The van der Waals surface area contributed by atoms with Gasteiger partial charge in [-0.2, -0.15) is 0 Å². The Hall–Kier alpha value is -1.05. The summed E-state index contributed by atoms with van der Waals surface area (Å²) in [6, 6.07) is 33.0. The number of hydrogen-bond donors (Lipinski definition) is 0. The molecule has 0 fully saturated rings. The summed E-state index contributed by atoms with van der Waals surface area (Å²) in [5, 5.41) is 4.37. The monoisotopic (exact) mass is 330 g/mol. The van der Waals surface area contributed by atoms with Crippen molar-refractivity contribution in [1.82, 2.24) is 0 Å². The van der Waals surface area contributed by atoms with Crippen molar-refractivity contribution >= 4 is 39.8 Å². The Morgan fingerprint density at radius 3 is 0.905 bits per heavy atom. The van der Waals surface area contributed by atoms with Gasteiger partial charge in [0.2, 0.25) is 0 Å². The van der Waals surface area contributed by atoms with Crippen LogP contribution >= 0.6 is 23.8 Å². The molecular weight excluding hydrogens is 309 g/mol. The summed E-state index contributed by atoms with van der Waals surface area (Å²) in [5.41, 5.74) is 0. The van der Waals surface area contributed by atoms with Gasteiger partial charge in [0.15, 0.2) is 0 Å². The van der Waals surface area contributed by atoms with Crippen molar-refractivity contribution in [2.24, 2.45) is 0 Å². The molecule has 0 N–H and O–H groups in total. The van der Waals surface area contributed by atoms with Crippen LogP contribution in [0.1, 0.15) is 0 Å². The Kier molecular flexibility index (Phi) is 3.98. The van der Waals surface area contributed by atoms with Gasteiger partial charge in [0.1, 0.15) is 0 Å². The van der Waals surface area contributed by atoms with Gasteiger partial charge in [-0.25, -0.2) is 0 Å². The van der Waals surface area contributed by atoms with Gasteiger partial charge in [-0.05, 0) is 0 Å². The van der Waals surface area contributed by atoms with Crippen LogP contribution < -0.4 is 15.9 Å². The molecule has 0 saturated heterocycles. The summed E-state index contributed by atoms with van der Waals surface area (Å²) in [6.45, 7) is 0. The van der Waals surface area contributed by atoms with Gasteiger partial charge in [-0.15, -0.1) is 0 Å². The van der Waals surface area contributed by atoms with Crippen molar-refractivity contribution in [3.8, 4) is 0 Å². The molecule has 0 aromatic heterocycles. The van der Waals surface area contributed by atoms with Gasteiger partial charge in [0, 0.05) is 0 Å². The molecule has 0 saturated carbocycles. The fraction of sp³-hybridized carbons (Fsp3) is 0. The van der Waals surface area contributed by atoms with E-state index in [9.17, 15) is 0 Å². The van der Waals surface area contributed by atoms with E-state index in [0.717, 1.165) is 0 Å². The van der Waals surface area contributed by atoms with E-state index in [1.54, 1.807) is 0 Å². The van der Waals surface area contributed by atoms with Crippen LogP contribution in [0, 0.1) is 0 Å². The topological polar surface area (TPSA) is 0 Å². The van der Waals surface area contributed by atoms with Crippen LogP contribution in [0.2, 0.25) is 0 Å². The number of rotatable bonds is 3. The molecule has 0 aliphatic heterocycles. The van der Waals surface area contributed by atoms with E-state index >= 15 is 0 Å². The van der Waals surface area contributed by atoms with Gasteiger partial charge < -0.3 is 0 Å². The Morgan fingerprint density at radius 1 is 0.429 bits per heavy atom. The molecule has 0 amide bonds. The van der Waals surface area contributed by atoms with Crippen LogP contribution in [-0.4, -0.2) is 0 Å². The molecule has 0 heterocycles. The Balaban J connectivity index is 2.36. The van der Waals surface area contributed by atoms with Crippen LogP contribution in [0.25, 0.3) is 0 Å². The molecule has 0 nitrogen and oxygen atoms in total. The molecule has 0 aliphatic rings. The molecule has 0 radical (unpaired) electrons. The van der Waals surface area contributed by atoms with Gasteiger partial charge in [0.05, 0.1) is 0 Å². The second kappa shape index (κ2) is 5.62. The first-order chi connectivity index (χ1) is 10.1. The van der Waals surface area contributed by atoms with Gasteiger partial charge in [-0.3, -0.25) is 0 Å². The van der Waals surface area contributed by atoms with Crippen molar-refractivity contribution in [2.75, 3.05) is 0 Å². The number of benzene rings is 3. The van der Waals surface area contributed by atoms with Crippen LogP contribution in [-0.2, 0) is 0 Å². The molecule has 0 spiro atoms. The zero-order chi connectivity index (χ0) is 14.8. The summed E-state index contributed by atoms with van der Waals surface area (Å²) in [6.07, 6.45) is 0. The van der Waals surface area contributed by atoms with E-state index in [4.69, 9.17) is 0 Å². The van der Waals surface area contributed by atoms with E-state index in [2.05, 4.69) is 109 Å². The quantitative estimate of drug-likeness (QED) is 0.644. The van der Waals surface area contributed by atoms with E-state index < -0.39 is 5.98 Å². The Labute approximate surface area is 131 Å².